The largest absolute Gasteiger partial charge is 0.316 e. The third-order valence-corrected chi connectivity index (χ3v) is 3.25. The van der Waals surface area contributed by atoms with E-state index in [1.807, 2.05) is 0 Å². The first-order chi connectivity index (χ1) is 9.43. The highest BCUT2D eigenvalue weighted by molar-refractivity contribution is 5.84. The van der Waals surface area contributed by atoms with Crippen molar-refractivity contribution < 1.29 is 22.4 Å². The number of nitrogens with zero attached hydrogens (tertiary/aromatic N) is 1. The molecular weight excluding hydrogens is 276 g/mol. The van der Waals surface area contributed by atoms with Crippen molar-refractivity contribution in [1.29, 1.82) is 0 Å². The fourth-order valence-corrected chi connectivity index (χ4v) is 2.30. The van der Waals surface area contributed by atoms with Crippen molar-refractivity contribution in [2.24, 2.45) is 0 Å². The molecule has 2 atom stereocenters. The molecule has 0 aliphatic carbocycles. The molecule has 1 amide bonds. The Morgan fingerprint density at radius 1 is 1.35 bits per heavy atom. The summed E-state index contributed by atoms with van der Waals surface area (Å²) < 4.78 is 51.8. The maximum absolute atomic E-state index is 13.8. The third-order valence-electron chi connectivity index (χ3n) is 3.25. The predicted octanol–water partition coefficient (Wildman–Crippen LogP) is 2.44. The Morgan fingerprint density at radius 3 is 2.60 bits per heavy atom. The van der Waals surface area contributed by atoms with E-state index < -0.39 is 42.7 Å². The highest BCUT2D eigenvalue weighted by Crippen LogP contribution is 2.29. The summed E-state index contributed by atoms with van der Waals surface area (Å²) in [5.41, 5.74) is -0.0173. The maximum atomic E-state index is 13.8. The Balaban J connectivity index is 2.34. The molecule has 1 aromatic rings. The van der Waals surface area contributed by atoms with Crippen molar-refractivity contribution in [3.63, 3.8) is 0 Å². The van der Waals surface area contributed by atoms with Gasteiger partial charge < -0.3 is 4.90 Å². The number of alkyl halides is 2. The summed E-state index contributed by atoms with van der Waals surface area (Å²) in [6.07, 6.45) is -3.32. The standard InChI is InChI=1S/C13H14F4N2O/c1-2-10-13(20)19(6-11(16)17)12(18-10)8-4-3-7(14)5-9(8)15/h3-5,10-12,18H,2,6H2,1H3. The number of carbonyl (C=O) groups is 1. The van der Waals surface area contributed by atoms with Crippen molar-refractivity contribution in [3.05, 3.63) is 35.4 Å². The van der Waals surface area contributed by atoms with Crippen LogP contribution >= 0.6 is 0 Å². The van der Waals surface area contributed by atoms with Crippen molar-refractivity contribution in [2.45, 2.75) is 32.0 Å². The van der Waals surface area contributed by atoms with Crippen molar-refractivity contribution >= 4 is 5.91 Å². The fourth-order valence-electron chi connectivity index (χ4n) is 2.30. The van der Waals surface area contributed by atoms with Crippen molar-refractivity contribution in [3.8, 4) is 0 Å². The first-order valence-corrected chi connectivity index (χ1v) is 6.23. The van der Waals surface area contributed by atoms with E-state index in [9.17, 15) is 22.4 Å². The van der Waals surface area contributed by atoms with Gasteiger partial charge in [0.1, 0.15) is 17.8 Å². The second kappa shape index (κ2) is 5.78. The van der Waals surface area contributed by atoms with Gasteiger partial charge in [-0.2, -0.15) is 0 Å². The van der Waals surface area contributed by atoms with E-state index in [1.165, 1.54) is 0 Å². The molecule has 1 aromatic carbocycles. The van der Waals surface area contributed by atoms with Crippen LogP contribution in [0.5, 0.6) is 0 Å². The van der Waals surface area contributed by atoms with Crippen LogP contribution in [-0.4, -0.2) is 29.8 Å². The van der Waals surface area contributed by atoms with Gasteiger partial charge in [0.05, 0.1) is 12.6 Å². The molecule has 1 N–H and O–H groups in total. The Morgan fingerprint density at radius 2 is 2.05 bits per heavy atom. The summed E-state index contributed by atoms with van der Waals surface area (Å²) >= 11 is 0. The topological polar surface area (TPSA) is 32.3 Å². The van der Waals surface area contributed by atoms with E-state index in [4.69, 9.17) is 0 Å². The zero-order chi connectivity index (χ0) is 14.9. The molecule has 0 aromatic heterocycles. The number of amides is 1. The molecule has 1 fully saturated rings. The fraction of sp³-hybridized carbons (Fsp3) is 0.462. The smallest absolute Gasteiger partial charge is 0.255 e. The molecule has 0 radical (unpaired) electrons. The molecule has 2 rings (SSSR count). The molecular formula is C13H14F4N2O. The van der Waals surface area contributed by atoms with E-state index in [1.54, 1.807) is 6.92 Å². The first kappa shape index (κ1) is 14.8. The van der Waals surface area contributed by atoms with Crippen LogP contribution in [0.4, 0.5) is 17.6 Å². The van der Waals surface area contributed by atoms with Gasteiger partial charge in [-0.15, -0.1) is 0 Å². The molecule has 0 saturated carbocycles. The van der Waals surface area contributed by atoms with Crippen LogP contribution in [0.1, 0.15) is 25.1 Å². The molecule has 3 nitrogen and oxygen atoms in total. The molecule has 1 heterocycles. The van der Waals surface area contributed by atoms with Crippen molar-refractivity contribution in [1.82, 2.24) is 10.2 Å². The van der Waals surface area contributed by atoms with Crippen LogP contribution in [0.25, 0.3) is 0 Å². The second-order valence-corrected chi connectivity index (χ2v) is 4.58. The summed E-state index contributed by atoms with van der Waals surface area (Å²) in [4.78, 5) is 12.9. The zero-order valence-electron chi connectivity index (χ0n) is 10.7. The minimum atomic E-state index is -2.72. The number of hydrogen-bond donors (Lipinski definition) is 1. The van der Waals surface area contributed by atoms with Gasteiger partial charge >= 0.3 is 0 Å². The Bertz CT molecular complexity index is 509. The number of carbonyl (C=O) groups excluding carboxylic acids is 1. The van der Waals surface area contributed by atoms with E-state index in [0.717, 1.165) is 17.0 Å². The average Bonchev–Trinajstić information content (AvgIpc) is 2.66. The molecule has 1 aliphatic heterocycles. The van der Waals surface area contributed by atoms with Crippen LogP contribution in [-0.2, 0) is 4.79 Å². The van der Waals surface area contributed by atoms with Gasteiger partial charge in [-0.25, -0.2) is 17.6 Å². The van der Waals surface area contributed by atoms with E-state index >= 15 is 0 Å². The number of benzene rings is 1. The Hall–Kier alpha value is -1.63. The van der Waals surface area contributed by atoms with Gasteiger partial charge in [0, 0.05) is 11.6 Å². The number of rotatable bonds is 4. The lowest BCUT2D eigenvalue weighted by molar-refractivity contribution is -0.132. The van der Waals surface area contributed by atoms with E-state index in [0.29, 0.717) is 12.5 Å². The first-order valence-electron chi connectivity index (χ1n) is 6.23. The quantitative estimate of drug-likeness (QED) is 0.864. The summed E-state index contributed by atoms with van der Waals surface area (Å²) in [5, 5.41) is 2.80. The summed E-state index contributed by atoms with van der Waals surface area (Å²) in [6.45, 7) is 0.934. The minimum Gasteiger partial charge on any atom is -0.316 e. The number of hydrogen-bond acceptors (Lipinski definition) is 2. The highest BCUT2D eigenvalue weighted by atomic mass is 19.3. The molecule has 110 valence electrons. The van der Waals surface area contributed by atoms with Gasteiger partial charge in [-0.05, 0) is 18.6 Å². The van der Waals surface area contributed by atoms with E-state index in [-0.39, 0.29) is 5.56 Å². The molecule has 1 aliphatic rings. The second-order valence-electron chi connectivity index (χ2n) is 4.58. The predicted molar refractivity (Wildman–Crippen MR) is 64.0 cm³/mol. The molecule has 2 unspecified atom stereocenters. The molecule has 20 heavy (non-hydrogen) atoms. The monoisotopic (exact) mass is 290 g/mol. The lowest BCUT2D eigenvalue weighted by atomic mass is 10.1. The van der Waals surface area contributed by atoms with Crippen LogP contribution in [0.3, 0.4) is 0 Å². The average molecular weight is 290 g/mol. The van der Waals surface area contributed by atoms with Crippen molar-refractivity contribution in [2.75, 3.05) is 6.54 Å². The van der Waals surface area contributed by atoms with Crippen LogP contribution in [0.15, 0.2) is 18.2 Å². The molecule has 7 heteroatoms. The lowest BCUT2D eigenvalue weighted by Crippen LogP contribution is -2.35. The van der Waals surface area contributed by atoms with Gasteiger partial charge in [-0.3, -0.25) is 10.1 Å². The summed E-state index contributed by atoms with van der Waals surface area (Å²) in [5.74, 6) is -2.13. The number of nitrogens with one attached hydrogen (secondary N) is 1. The molecule has 1 saturated heterocycles. The van der Waals surface area contributed by atoms with Crippen LogP contribution in [0, 0.1) is 11.6 Å². The normalized spacial score (nSPS) is 22.9. The zero-order valence-corrected chi connectivity index (χ0v) is 10.7. The Kier molecular flexibility index (Phi) is 4.27. The van der Waals surface area contributed by atoms with Gasteiger partial charge in [0.2, 0.25) is 5.91 Å². The van der Waals surface area contributed by atoms with Crippen LogP contribution < -0.4 is 5.32 Å². The van der Waals surface area contributed by atoms with Gasteiger partial charge in [0.25, 0.3) is 6.43 Å². The maximum Gasteiger partial charge on any atom is 0.255 e. The Labute approximate surface area is 113 Å². The summed E-state index contributed by atoms with van der Waals surface area (Å²) in [7, 11) is 0. The van der Waals surface area contributed by atoms with Gasteiger partial charge in [-0.1, -0.05) is 6.92 Å². The van der Waals surface area contributed by atoms with Crippen LogP contribution in [0.2, 0.25) is 0 Å². The lowest BCUT2D eigenvalue weighted by Gasteiger charge is -2.24. The summed E-state index contributed by atoms with van der Waals surface area (Å²) in [6, 6.07) is 2.22. The highest BCUT2D eigenvalue weighted by Gasteiger charge is 2.40. The molecule has 0 spiro atoms. The molecule has 0 bridgehead atoms. The van der Waals surface area contributed by atoms with E-state index in [2.05, 4.69) is 5.32 Å². The third kappa shape index (κ3) is 2.77. The minimum absolute atomic E-state index is 0.0173. The number of halogens is 4. The SMILES string of the molecule is CCC1NC(c2ccc(F)cc2F)N(CC(F)F)C1=O. The van der Waals surface area contributed by atoms with Gasteiger partial charge in [0.15, 0.2) is 0 Å².